The lowest BCUT2D eigenvalue weighted by atomic mass is 10.1. The summed E-state index contributed by atoms with van der Waals surface area (Å²) in [5, 5.41) is 17.8. The molecule has 0 saturated carbocycles. The van der Waals surface area contributed by atoms with Crippen LogP contribution in [-0.2, 0) is 0 Å². The predicted octanol–water partition coefficient (Wildman–Crippen LogP) is 2.63. The number of nitrogens with one attached hydrogen (secondary N) is 1. The Morgan fingerprint density at radius 2 is 2.14 bits per heavy atom. The standard InChI is InChI=1S/C20H23FN4O3/c1-12(2)25-19-14(9-23-25)7-18(13(3)24-19)20(27)22-10-16(26)11-28-17-6-4-5-15(21)8-17/h4-9,12,16,26H,10-11H2,1-3H3,(H,22,27)/t16-/m1/s1. The summed E-state index contributed by atoms with van der Waals surface area (Å²) >= 11 is 0. The van der Waals surface area contributed by atoms with Crippen molar-refractivity contribution in [3.05, 3.63) is 53.6 Å². The van der Waals surface area contributed by atoms with Crippen molar-refractivity contribution in [3.8, 4) is 5.75 Å². The monoisotopic (exact) mass is 386 g/mol. The number of ether oxygens (including phenoxy) is 1. The summed E-state index contributed by atoms with van der Waals surface area (Å²) in [7, 11) is 0. The summed E-state index contributed by atoms with van der Waals surface area (Å²) in [4.78, 5) is 17.0. The van der Waals surface area contributed by atoms with E-state index in [4.69, 9.17) is 4.74 Å². The number of aromatic nitrogens is 3. The number of halogens is 1. The summed E-state index contributed by atoms with van der Waals surface area (Å²) in [5.41, 5.74) is 1.74. The molecule has 28 heavy (non-hydrogen) atoms. The van der Waals surface area contributed by atoms with E-state index in [1.807, 2.05) is 13.8 Å². The van der Waals surface area contributed by atoms with E-state index in [-0.39, 0.29) is 25.1 Å². The van der Waals surface area contributed by atoms with Crippen LogP contribution in [0.15, 0.2) is 36.5 Å². The molecular formula is C20H23FN4O3. The topological polar surface area (TPSA) is 89.3 Å². The van der Waals surface area contributed by atoms with Crippen LogP contribution in [0.1, 0.15) is 35.9 Å². The fraction of sp³-hybridized carbons (Fsp3) is 0.350. The third-order valence-electron chi connectivity index (χ3n) is 4.23. The minimum atomic E-state index is -0.937. The predicted molar refractivity (Wildman–Crippen MR) is 103 cm³/mol. The van der Waals surface area contributed by atoms with Crippen LogP contribution in [-0.4, -0.2) is 45.0 Å². The highest BCUT2D eigenvalue weighted by atomic mass is 19.1. The summed E-state index contributed by atoms with van der Waals surface area (Å²) in [6.07, 6.45) is 0.744. The van der Waals surface area contributed by atoms with Crippen LogP contribution < -0.4 is 10.1 Å². The van der Waals surface area contributed by atoms with E-state index in [9.17, 15) is 14.3 Å². The van der Waals surface area contributed by atoms with Crippen LogP contribution in [0.2, 0.25) is 0 Å². The van der Waals surface area contributed by atoms with E-state index in [0.29, 0.717) is 17.0 Å². The Hall–Kier alpha value is -3.00. The van der Waals surface area contributed by atoms with E-state index in [1.54, 1.807) is 29.9 Å². The number of nitrogens with zero attached hydrogens (tertiary/aromatic N) is 3. The number of pyridine rings is 1. The minimum absolute atomic E-state index is 0.00309. The summed E-state index contributed by atoms with van der Waals surface area (Å²) in [5.74, 6) is -0.438. The van der Waals surface area contributed by atoms with Gasteiger partial charge in [-0.1, -0.05) is 6.07 Å². The Morgan fingerprint density at radius 1 is 1.36 bits per heavy atom. The smallest absolute Gasteiger partial charge is 0.253 e. The number of aryl methyl sites for hydroxylation is 1. The second-order valence-corrected chi connectivity index (χ2v) is 6.85. The second kappa shape index (κ2) is 8.35. The molecule has 2 heterocycles. The molecule has 1 amide bonds. The highest BCUT2D eigenvalue weighted by Crippen LogP contribution is 2.19. The quantitative estimate of drug-likeness (QED) is 0.652. The van der Waals surface area contributed by atoms with Crippen molar-refractivity contribution in [2.24, 2.45) is 0 Å². The highest BCUT2D eigenvalue weighted by molar-refractivity contribution is 5.98. The van der Waals surface area contributed by atoms with Crippen molar-refractivity contribution in [1.82, 2.24) is 20.1 Å². The lowest BCUT2D eigenvalue weighted by Crippen LogP contribution is -2.35. The fourth-order valence-electron chi connectivity index (χ4n) is 2.79. The first-order chi connectivity index (χ1) is 13.3. The van der Waals surface area contributed by atoms with Gasteiger partial charge in [-0.3, -0.25) is 4.79 Å². The molecule has 3 aromatic rings. The fourth-order valence-corrected chi connectivity index (χ4v) is 2.79. The number of aliphatic hydroxyl groups is 1. The molecule has 0 saturated heterocycles. The normalized spacial score (nSPS) is 12.4. The lowest BCUT2D eigenvalue weighted by Gasteiger charge is -2.14. The average molecular weight is 386 g/mol. The Kier molecular flexibility index (Phi) is 5.89. The summed E-state index contributed by atoms with van der Waals surface area (Å²) < 4.78 is 20.2. The van der Waals surface area contributed by atoms with Gasteiger partial charge in [0.2, 0.25) is 0 Å². The number of rotatable bonds is 7. The molecule has 1 aromatic carbocycles. The molecule has 7 nitrogen and oxygen atoms in total. The highest BCUT2D eigenvalue weighted by Gasteiger charge is 2.16. The molecule has 0 radical (unpaired) electrons. The number of benzene rings is 1. The molecule has 3 rings (SSSR count). The summed E-state index contributed by atoms with van der Waals surface area (Å²) in [6, 6.07) is 7.56. The number of fused-ring (bicyclic) bond motifs is 1. The SMILES string of the molecule is Cc1nc2c(cnn2C(C)C)cc1C(=O)NC[C@@H](O)COc1cccc(F)c1. The Balaban J connectivity index is 1.60. The number of carbonyl (C=O) groups is 1. The van der Waals surface area contributed by atoms with Gasteiger partial charge >= 0.3 is 0 Å². The maximum atomic E-state index is 13.1. The molecule has 0 aliphatic carbocycles. The van der Waals surface area contributed by atoms with Gasteiger partial charge in [0.05, 0.1) is 17.5 Å². The van der Waals surface area contributed by atoms with E-state index in [0.717, 1.165) is 11.0 Å². The van der Waals surface area contributed by atoms with E-state index >= 15 is 0 Å². The van der Waals surface area contributed by atoms with Crippen LogP contribution in [0.4, 0.5) is 4.39 Å². The van der Waals surface area contributed by atoms with Gasteiger partial charge in [0.15, 0.2) is 5.65 Å². The first kappa shape index (κ1) is 19.8. The van der Waals surface area contributed by atoms with Crippen molar-refractivity contribution in [2.45, 2.75) is 32.9 Å². The van der Waals surface area contributed by atoms with Gasteiger partial charge in [-0.25, -0.2) is 14.1 Å². The zero-order valence-corrected chi connectivity index (χ0v) is 16.0. The maximum absolute atomic E-state index is 13.1. The number of hydrogen-bond acceptors (Lipinski definition) is 5. The molecule has 1 atom stereocenters. The number of carbonyl (C=O) groups excluding carboxylic acids is 1. The van der Waals surface area contributed by atoms with Crippen molar-refractivity contribution < 1.29 is 19.0 Å². The van der Waals surface area contributed by atoms with E-state index in [2.05, 4.69) is 15.4 Å². The average Bonchev–Trinajstić information content (AvgIpc) is 3.06. The van der Waals surface area contributed by atoms with Crippen LogP contribution in [0.25, 0.3) is 11.0 Å². The molecule has 0 spiro atoms. The second-order valence-electron chi connectivity index (χ2n) is 6.85. The molecule has 2 N–H and O–H groups in total. The van der Waals surface area contributed by atoms with Gasteiger partial charge in [-0.05, 0) is 39.0 Å². The van der Waals surface area contributed by atoms with Crippen LogP contribution in [0.5, 0.6) is 5.75 Å². The minimum Gasteiger partial charge on any atom is -0.491 e. The third-order valence-corrected chi connectivity index (χ3v) is 4.23. The molecule has 0 fully saturated rings. The number of amides is 1. The molecule has 0 aliphatic heterocycles. The first-order valence-electron chi connectivity index (χ1n) is 9.04. The molecule has 148 valence electrons. The van der Waals surface area contributed by atoms with Crippen molar-refractivity contribution in [3.63, 3.8) is 0 Å². The Bertz CT molecular complexity index is 987. The Morgan fingerprint density at radius 3 is 2.86 bits per heavy atom. The van der Waals surface area contributed by atoms with Gasteiger partial charge in [0.1, 0.15) is 24.3 Å². The molecule has 0 aliphatic rings. The number of aliphatic hydroxyl groups excluding tert-OH is 1. The lowest BCUT2D eigenvalue weighted by molar-refractivity contribution is 0.0842. The molecular weight excluding hydrogens is 363 g/mol. The van der Waals surface area contributed by atoms with Crippen molar-refractivity contribution in [1.29, 1.82) is 0 Å². The van der Waals surface area contributed by atoms with Crippen molar-refractivity contribution >= 4 is 16.9 Å². The third kappa shape index (κ3) is 4.45. The first-order valence-corrected chi connectivity index (χ1v) is 9.04. The summed E-state index contributed by atoms with van der Waals surface area (Å²) in [6.45, 7) is 5.71. The Labute approximate surface area is 162 Å². The van der Waals surface area contributed by atoms with E-state index < -0.39 is 11.9 Å². The van der Waals surface area contributed by atoms with Gasteiger partial charge in [-0.15, -0.1) is 0 Å². The van der Waals surface area contributed by atoms with Gasteiger partial charge < -0.3 is 15.2 Å². The zero-order chi connectivity index (χ0) is 20.3. The van der Waals surface area contributed by atoms with Crippen LogP contribution >= 0.6 is 0 Å². The van der Waals surface area contributed by atoms with Gasteiger partial charge in [0.25, 0.3) is 5.91 Å². The number of hydrogen-bond donors (Lipinski definition) is 2. The molecule has 0 bridgehead atoms. The maximum Gasteiger partial charge on any atom is 0.253 e. The van der Waals surface area contributed by atoms with Crippen molar-refractivity contribution in [2.75, 3.05) is 13.2 Å². The van der Waals surface area contributed by atoms with Gasteiger partial charge in [0, 0.05) is 24.0 Å². The van der Waals surface area contributed by atoms with E-state index in [1.165, 1.54) is 18.2 Å². The zero-order valence-electron chi connectivity index (χ0n) is 16.0. The van der Waals surface area contributed by atoms with Crippen LogP contribution in [0.3, 0.4) is 0 Å². The molecule has 0 unspecified atom stereocenters. The van der Waals surface area contributed by atoms with Crippen LogP contribution in [0, 0.1) is 12.7 Å². The molecule has 2 aromatic heterocycles. The largest absolute Gasteiger partial charge is 0.491 e. The van der Waals surface area contributed by atoms with Gasteiger partial charge in [-0.2, -0.15) is 5.10 Å². The molecule has 8 heteroatoms.